The Bertz CT molecular complexity index is 786. The molecule has 1 aliphatic heterocycles. The Morgan fingerprint density at radius 3 is 2.74 bits per heavy atom. The number of H-pyrrole nitrogens is 1. The maximum absolute atomic E-state index is 12.7. The first-order valence-electron chi connectivity index (χ1n) is 7.94. The van der Waals surface area contributed by atoms with E-state index in [1.807, 2.05) is 41.4 Å². The first kappa shape index (κ1) is 13.9. The van der Waals surface area contributed by atoms with E-state index < -0.39 is 0 Å². The molecular formula is C18H18N4O. The first-order valence-corrected chi connectivity index (χ1v) is 7.94. The zero-order chi connectivity index (χ0) is 15.6. The number of hydrogen-bond donors (Lipinski definition) is 1. The van der Waals surface area contributed by atoms with Crippen molar-refractivity contribution in [2.45, 2.75) is 18.8 Å². The molecule has 3 heterocycles. The molecule has 116 valence electrons. The number of nitrogens with zero attached hydrogens (tertiary/aromatic N) is 3. The van der Waals surface area contributed by atoms with Crippen LogP contribution in [0.15, 0.2) is 48.9 Å². The van der Waals surface area contributed by atoms with E-state index in [4.69, 9.17) is 0 Å². The number of piperidine rings is 1. The third kappa shape index (κ3) is 2.70. The molecule has 3 aromatic rings. The Balaban J connectivity index is 1.46. The molecule has 0 spiro atoms. The number of para-hydroxylation sites is 1. The summed E-state index contributed by atoms with van der Waals surface area (Å²) in [4.78, 5) is 26.4. The number of hydrogen-bond acceptors (Lipinski definition) is 3. The van der Waals surface area contributed by atoms with Gasteiger partial charge in [-0.2, -0.15) is 0 Å². The summed E-state index contributed by atoms with van der Waals surface area (Å²) in [5, 5.41) is 1.07. The normalized spacial score (nSPS) is 15.9. The van der Waals surface area contributed by atoms with Crippen LogP contribution >= 0.6 is 0 Å². The van der Waals surface area contributed by atoms with Crippen molar-refractivity contribution in [3.05, 3.63) is 60.3 Å². The number of carbonyl (C=O) groups is 1. The van der Waals surface area contributed by atoms with Crippen molar-refractivity contribution < 1.29 is 4.79 Å². The van der Waals surface area contributed by atoms with Crippen molar-refractivity contribution in [3.8, 4) is 0 Å². The van der Waals surface area contributed by atoms with Gasteiger partial charge in [0.25, 0.3) is 5.91 Å². The highest BCUT2D eigenvalue weighted by molar-refractivity contribution is 5.98. The number of likely N-dealkylation sites (tertiary alicyclic amines) is 1. The van der Waals surface area contributed by atoms with Crippen LogP contribution in [0.5, 0.6) is 0 Å². The molecule has 1 aliphatic rings. The molecule has 1 amide bonds. The first-order chi connectivity index (χ1) is 11.3. The molecule has 1 aromatic carbocycles. The van der Waals surface area contributed by atoms with Crippen LogP contribution in [-0.2, 0) is 0 Å². The molecule has 0 atom stereocenters. The smallest absolute Gasteiger partial charge is 0.270 e. The van der Waals surface area contributed by atoms with Crippen molar-refractivity contribution in [1.82, 2.24) is 19.9 Å². The van der Waals surface area contributed by atoms with E-state index in [0.29, 0.717) is 11.6 Å². The van der Waals surface area contributed by atoms with Crippen LogP contribution in [0.2, 0.25) is 0 Å². The number of benzene rings is 1. The lowest BCUT2D eigenvalue weighted by Gasteiger charge is -2.31. The van der Waals surface area contributed by atoms with E-state index in [2.05, 4.69) is 15.0 Å². The second-order valence-corrected chi connectivity index (χ2v) is 5.97. The highest BCUT2D eigenvalue weighted by atomic mass is 16.2. The van der Waals surface area contributed by atoms with Crippen LogP contribution in [0.25, 0.3) is 10.9 Å². The fourth-order valence-electron chi connectivity index (χ4n) is 3.26. The van der Waals surface area contributed by atoms with Crippen molar-refractivity contribution in [2.24, 2.45) is 0 Å². The summed E-state index contributed by atoms with van der Waals surface area (Å²) in [6.45, 7) is 1.52. The monoisotopic (exact) mass is 306 g/mol. The molecule has 23 heavy (non-hydrogen) atoms. The number of aromatic nitrogens is 3. The van der Waals surface area contributed by atoms with Crippen LogP contribution in [0, 0.1) is 0 Å². The van der Waals surface area contributed by atoms with Gasteiger partial charge in [0.2, 0.25) is 0 Å². The third-order valence-electron chi connectivity index (χ3n) is 4.54. The molecule has 4 rings (SSSR count). The molecule has 5 heteroatoms. The summed E-state index contributed by atoms with van der Waals surface area (Å²) in [5.41, 5.74) is 2.71. The zero-order valence-corrected chi connectivity index (χ0v) is 12.8. The standard InChI is InChI=1S/C18H18N4O/c23-18(16-11-14-3-1-2-4-15(14)21-16)22-9-5-13(6-10-22)17-12-19-7-8-20-17/h1-4,7-8,11-13,21H,5-6,9-10H2. The van der Waals surface area contributed by atoms with Crippen LogP contribution in [0.1, 0.15) is 34.9 Å². The van der Waals surface area contributed by atoms with Gasteiger partial charge in [-0.1, -0.05) is 18.2 Å². The maximum atomic E-state index is 12.7. The Kier molecular flexibility index (Phi) is 3.54. The summed E-state index contributed by atoms with van der Waals surface area (Å²) >= 11 is 0. The highest BCUT2D eigenvalue weighted by Gasteiger charge is 2.26. The molecule has 2 aromatic heterocycles. The zero-order valence-electron chi connectivity index (χ0n) is 12.8. The van der Waals surface area contributed by atoms with Crippen molar-refractivity contribution in [1.29, 1.82) is 0 Å². The van der Waals surface area contributed by atoms with Gasteiger partial charge >= 0.3 is 0 Å². The van der Waals surface area contributed by atoms with Gasteiger partial charge in [-0.15, -0.1) is 0 Å². The van der Waals surface area contributed by atoms with Crippen molar-refractivity contribution in [2.75, 3.05) is 13.1 Å². The largest absolute Gasteiger partial charge is 0.351 e. The molecule has 1 saturated heterocycles. The van der Waals surface area contributed by atoms with E-state index >= 15 is 0 Å². The van der Waals surface area contributed by atoms with E-state index in [-0.39, 0.29) is 5.91 Å². The van der Waals surface area contributed by atoms with Gasteiger partial charge in [0.1, 0.15) is 5.69 Å². The van der Waals surface area contributed by atoms with Gasteiger partial charge in [-0.05, 0) is 25.0 Å². The number of aromatic amines is 1. The Morgan fingerprint density at radius 1 is 1.17 bits per heavy atom. The minimum absolute atomic E-state index is 0.0822. The van der Waals surface area contributed by atoms with E-state index in [1.54, 1.807) is 12.4 Å². The van der Waals surface area contributed by atoms with Crippen LogP contribution in [-0.4, -0.2) is 38.8 Å². The average Bonchev–Trinajstić information content (AvgIpc) is 3.06. The number of fused-ring (bicyclic) bond motifs is 1. The SMILES string of the molecule is O=C(c1cc2ccccc2[nH]1)N1CCC(c2cnccn2)CC1. The molecule has 0 aliphatic carbocycles. The topological polar surface area (TPSA) is 61.9 Å². The van der Waals surface area contributed by atoms with Crippen LogP contribution < -0.4 is 0 Å². The number of nitrogens with one attached hydrogen (secondary N) is 1. The van der Waals surface area contributed by atoms with Gasteiger partial charge in [0.05, 0.1) is 5.69 Å². The summed E-state index contributed by atoms with van der Waals surface area (Å²) in [6.07, 6.45) is 7.13. The van der Waals surface area contributed by atoms with E-state index in [1.165, 1.54) is 0 Å². The van der Waals surface area contributed by atoms with Gasteiger partial charge in [-0.3, -0.25) is 14.8 Å². The Labute approximate surface area is 134 Å². The summed E-state index contributed by atoms with van der Waals surface area (Å²) in [7, 11) is 0. The fraction of sp³-hybridized carbons (Fsp3) is 0.278. The van der Waals surface area contributed by atoms with Gasteiger partial charge < -0.3 is 9.88 Å². The van der Waals surface area contributed by atoms with Crippen LogP contribution in [0.4, 0.5) is 0 Å². The molecular weight excluding hydrogens is 288 g/mol. The predicted octanol–water partition coefficient (Wildman–Crippen LogP) is 2.98. The second kappa shape index (κ2) is 5.83. The van der Waals surface area contributed by atoms with Crippen LogP contribution in [0.3, 0.4) is 0 Å². The molecule has 0 unspecified atom stereocenters. The molecule has 1 N–H and O–H groups in total. The third-order valence-corrected chi connectivity index (χ3v) is 4.54. The maximum Gasteiger partial charge on any atom is 0.270 e. The minimum Gasteiger partial charge on any atom is -0.351 e. The summed E-state index contributed by atoms with van der Waals surface area (Å²) in [5.74, 6) is 0.481. The second-order valence-electron chi connectivity index (χ2n) is 5.97. The lowest BCUT2D eigenvalue weighted by molar-refractivity contribution is 0.0707. The quantitative estimate of drug-likeness (QED) is 0.791. The Hall–Kier alpha value is -2.69. The number of rotatable bonds is 2. The van der Waals surface area contributed by atoms with Gasteiger partial charge in [0, 0.05) is 48.5 Å². The van der Waals surface area contributed by atoms with E-state index in [9.17, 15) is 4.79 Å². The molecule has 0 bridgehead atoms. The Morgan fingerprint density at radius 2 is 2.00 bits per heavy atom. The molecule has 0 radical (unpaired) electrons. The lowest BCUT2D eigenvalue weighted by Crippen LogP contribution is -2.38. The minimum atomic E-state index is 0.0822. The van der Waals surface area contributed by atoms with Gasteiger partial charge in [0.15, 0.2) is 0 Å². The van der Waals surface area contributed by atoms with E-state index in [0.717, 1.165) is 42.5 Å². The summed E-state index contributed by atoms with van der Waals surface area (Å²) in [6, 6.07) is 9.90. The lowest BCUT2D eigenvalue weighted by atomic mass is 9.93. The summed E-state index contributed by atoms with van der Waals surface area (Å²) < 4.78 is 0. The molecule has 5 nitrogen and oxygen atoms in total. The van der Waals surface area contributed by atoms with Crippen molar-refractivity contribution >= 4 is 16.8 Å². The molecule has 0 saturated carbocycles. The fourth-order valence-corrected chi connectivity index (χ4v) is 3.26. The molecule has 1 fully saturated rings. The number of carbonyl (C=O) groups excluding carboxylic acids is 1. The van der Waals surface area contributed by atoms with Gasteiger partial charge in [-0.25, -0.2) is 0 Å². The average molecular weight is 306 g/mol. The van der Waals surface area contributed by atoms with Crippen molar-refractivity contribution in [3.63, 3.8) is 0 Å². The predicted molar refractivity (Wildman–Crippen MR) is 88.2 cm³/mol. The highest BCUT2D eigenvalue weighted by Crippen LogP contribution is 2.27. The number of amides is 1.